The molecule has 2 rings (SSSR count). The summed E-state index contributed by atoms with van der Waals surface area (Å²) in [7, 11) is 0. The van der Waals surface area contributed by atoms with Gasteiger partial charge >= 0.3 is 0 Å². The molecule has 1 saturated heterocycles. The van der Waals surface area contributed by atoms with Gasteiger partial charge in [0.1, 0.15) is 0 Å². The summed E-state index contributed by atoms with van der Waals surface area (Å²) < 4.78 is 0. The highest BCUT2D eigenvalue weighted by molar-refractivity contribution is 6.30. The van der Waals surface area contributed by atoms with Gasteiger partial charge in [-0.3, -0.25) is 0 Å². The van der Waals surface area contributed by atoms with Gasteiger partial charge < -0.3 is 10.2 Å². The average Bonchev–Trinajstić information content (AvgIpc) is 2.80. The molecule has 1 aliphatic heterocycles. The normalized spacial score (nSPS) is 20.0. The summed E-state index contributed by atoms with van der Waals surface area (Å²) >= 11 is 5.77. The molecule has 0 bridgehead atoms. The second-order valence-corrected chi connectivity index (χ2v) is 4.47. The highest BCUT2D eigenvalue weighted by Crippen LogP contribution is 2.13. The van der Waals surface area contributed by atoms with Crippen LogP contribution in [0.3, 0.4) is 0 Å². The number of anilines is 1. The van der Waals surface area contributed by atoms with Gasteiger partial charge in [0.15, 0.2) is 0 Å². The molecule has 1 N–H and O–H groups in total. The minimum Gasteiger partial charge on any atom is -0.340 e. The fraction of sp³-hybridized carbons (Fsp3) is 0.636. The van der Waals surface area contributed by atoms with E-state index in [4.69, 9.17) is 11.6 Å². The first-order chi connectivity index (χ1) is 7.79. The zero-order valence-corrected chi connectivity index (χ0v) is 10.2. The monoisotopic (exact) mass is 240 g/mol. The highest BCUT2D eigenvalue weighted by Gasteiger charge is 2.18. The minimum absolute atomic E-state index is 0.569. The molecular formula is C11H17ClN4. The van der Waals surface area contributed by atoms with Crippen LogP contribution in [0, 0.1) is 0 Å². The molecule has 1 aromatic rings. The number of hydrogen-bond acceptors (Lipinski definition) is 4. The molecule has 1 unspecified atom stereocenters. The van der Waals surface area contributed by atoms with Crippen LogP contribution < -0.4 is 10.2 Å². The van der Waals surface area contributed by atoms with E-state index in [-0.39, 0.29) is 0 Å². The molecular weight excluding hydrogens is 224 g/mol. The summed E-state index contributed by atoms with van der Waals surface area (Å²) in [5.41, 5.74) is 0. The van der Waals surface area contributed by atoms with E-state index < -0.39 is 0 Å². The molecule has 0 saturated carbocycles. The number of rotatable bonds is 4. The second-order valence-electron chi connectivity index (χ2n) is 4.03. The quantitative estimate of drug-likeness (QED) is 0.870. The lowest BCUT2D eigenvalue weighted by Crippen LogP contribution is -2.38. The Labute approximate surface area is 101 Å². The Hall–Kier alpha value is -0.870. The summed E-state index contributed by atoms with van der Waals surface area (Å²) in [6.45, 7) is 5.13. The van der Waals surface area contributed by atoms with Gasteiger partial charge in [-0.2, -0.15) is 0 Å². The van der Waals surface area contributed by atoms with E-state index in [0.717, 1.165) is 25.6 Å². The van der Waals surface area contributed by atoms with Gasteiger partial charge in [-0.25, -0.2) is 9.97 Å². The van der Waals surface area contributed by atoms with Crippen LogP contribution >= 0.6 is 11.6 Å². The van der Waals surface area contributed by atoms with Crippen LogP contribution in [0.1, 0.15) is 19.8 Å². The van der Waals surface area contributed by atoms with Crippen LogP contribution in [0.4, 0.5) is 5.95 Å². The van der Waals surface area contributed by atoms with Crippen molar-refractivity contribution < 1.29 is 0 Å². The van der Waals surface area contributed by atoms with Crippen LogP contribution in [0.5, 0.6) is 0 Å². The predicted molar refractivity (Wildman–Crippen MR) is 66.0 cm³/mol. The molecule has 0 spiro atoms. The SMILES string of the molecule is CCN(CC1CCCN1)c1ncc(Cl)cn1. The van der Waals surface area contributed by atoms with Gasteiger partial charge in [0.05, 0.1) is 17.4 Å². The summed E-state index contributed by atoms with van der Waals surface area (Å²) in [5, 5.41) is 4.06. The zero-order valence-electron chi connectivity index (χ0n) is 9.49. The van der Waals surface area contributed by atoms with Crippen LogP contribution in [-0.4, -0.2) is 35.6 Å². The Bertz CT molecular complexity index is 321. The Balaban J connectivity index is 2.00. The molecule has 0 aromatic carbocycles. The second kappa shape index (κ2) is 5.46. The van der Waals surface area contributed by atoms with E-state index in [1.54, 1.807) is 12.4 Å². The van der Waals surface area contributed by atoms with Gasteiger partial charge in [0.2, 0.25) is 5.95 Å². The number of hydrogen-bond donors (Lipinski definition) is 1. The van der Waals surface area contributed by atoms with E-state index in [2.05, 4.69) is 27.1 Å². The lowest BCUT2D eigenvalue weighted by molar-refractivity contribution is 0.580. The third kappa shape index (κ3) is 2.83. The Morgan fingerprint density at radius 1 is 1.50 bits per heavy atom. The van der Waals surface area contributed by atoms with Gasteiger partial charge in [-0.1, -0.05) is 11.6 Å². The van der Waals surface area contributed by atoms with Crippen LogP contribution in [0.15, 0.2) is 12.4 Å². The van der Waals surface area contributed by atoms with Crippen LogP contribution in [0.25, 0.3) is 0 Å². The largest absolute Gasteiger partial charge is 0.340 e. The first-order valence-corrected chi connectivity index (χ1v) is 6.13. The van der Waals surface area contributed by atoms with Crippen molar-refractivity contribution in [1.82, 2.24) is 15.3 Å². The fourth-order valence-electron chi connectivity index (χ4n) is 2.00. The van der Waals surface area contributed by atoms with E-state index in [0.29, 0.717) is 11.1 Å². The predicted octanol–water partition coefficient (Wildman–Crippen LogP) is 1.71. The number of nitrogens with one attached hydrogen (secondary N) is 1. The van der Waals surface area contributed by atoms with Gasteiger partial charge in [0, 0.05) is 19.1 Å². The van der Waals surface area contributed by atoms with Gasteiger partial charge in [-0.15, -0.1) is 0 Å². The van der Waals surface area contributed by atoms with E-state index in [9.17, 15) is 0 Å². The molecule has 88 valence electrons. The van der Waals surface area contributed by atoms with Gasteiger partial charge in [-0.05, 0) is 26.3 Å². The van der Waals surface area contributed by atoms with Crippen molar-refractivity contribution in [2.24, 2.45) is 0 Å². The van der Waals surface area contributed by atoms with Crippen molar-refractivity contribution in [3.8, 4) is 0 Å². The number of likely N-dealkylation sites (N-methyl/N-ethyl adjacent to an activating group) is 1. The summed E-state index contributed by atoms with van der Waals surface area (Å²) in [6.07, 6.45) is 5.80. The van der Waals surface area contributed by atoms with Crippen molar-refractivity contribution in [2.45, 2.75) is 25.8 Å². The van der Waals surface area contributed by atoms with E-state index in [1.165, 1.54) is 12.8 Å². The summed E-state index contributed by atoms with van der Waals surface area (Å²) in [4.78, 5) is 10.7. The fourth-order valence-corrected chi connectivity index (χ4v) is 2.10. The van der Waals surface area contributed by atoms with Crippen molar-refractivity contribution in [3.05, 3.63) is 17.4 Å². The maximum Gasteiger partial charge on any atom is 0.225 e. The third-order valence-corrected chi connectivity index (χ3v) is 3.07. The van der Waals surface area contributed by atoms with Crippen molar-refractivity contribution in [1.29, 1.82) is 0 Å². The maximum atomic E-state index is 5.77. The first kappa shape index (κ1) is 11.6. The first-order valence-electron chi connectivity index (χ1n) is 5.75. The standard InChI is InChI=1S/C11H17ClN4/c1-2-16(8-10-4-3-5-13-10)11-14-6-9(12)7-15-11/h6-7,10,13H,2-5,8H2,1H3. The third-order valence-electron chi connectivity index (χ3n) is 2.87. The molecule has 4 nitrogen and oxygen atoms in total. The molecule has 0 aliphatic carbocycles. The maximum absolute atomic E-state index is 5.77. The summed E-state index contributed by atoms with van der Waals surface area (Å²) in [6, 6.07) is 0.569. The molecule has 2 heterocycles. The van der Waals surface area contributed by atoms with Gasteiger partial charge in [0.25, 0.3) is 0 Å². The topological polar surface area (TPSA) is 41.0 Å². The highest BCUT2D eigenvalue weighted by atomic mass is 35.5. The average molecular weight is 241 g/mol. The zero-order chi connectivity index (χ0) is 11.4. The Morgan fingerprint density at radius 3 is 2.81 bits per heavy atom. The number of nitrogens with zero attached hydrogens (tertiary/aromatic N) is 3. The van der Waals surface area contributed by atoms with Crippen molar-refractivity contribution in [2.75, 3.05) is 24.5 Å². The molecule has 16 heavy (non-hydrogen) atoms. The number of aromatic nitrogens is 2. The molecule has 1 aromatic heterocycles. The molecule has 1 atom stereocenters. The van der Waals surface area contributed by atoms with Crippen molar-refractivity contribution >= 4 is 17.5 Å². The van der Waals surface area contributed by atoms with Crippen LogP contribution in [0.2, 0.25) is 5.02 Å². The minimum atomic E-state index is 0.569. The van der Waals surface area contributed by atoms with Crippen molar-refractivity contribution in [3.63, 3.8) is 0 Å². The summed E-state index contributed by atoms with van der Waals surface area (Å²) in [5.74, 6) is 0.764. The Kier molecular flexibility index (Phi) is 3.96. The smallest absolute Gasteiger partial charge is 0.225 e. The molecule has 1 fully saturated rings. The lowest BCUT2D eigenvalue weighted by atomic mass is 10.2. The number of halogens is 1. The van der Waals surface area contributed by atoms with E-state index in [1.807, 2.05) is 0 Å². The molecule has 5 heteroatoms. The molecule has 0 amide bonds. The Morgan fingerprint density at radius 2 is 2.25 bits per heavy atom. The lowest BCUT2D eigenvalue weighted by Gasteiger charge is -2.24. The van der Waals surface area contributed by atoms with E-state index >= 15 is 0 Å². The molecule has 0 radical (unpaired) electrons. The van der Waals surface area contributed by atoms with Crippen LogP contribution in [-0.2, 0) is 0 Å². The molecule has 1 aliphatic rings.